The van der Waals surface area contributed by atoms with Gasteiger partial charge < -0.3 is 29.2 Å². The van der Waals surface area contributed by atoms with Crippen LogP contribution in [0.4, 0.5) is 10.5 Å². The number of carbonyl (C=O) groups excluding carboxylic acids is 1. The molecule has 1 amide bonds. The number of likely N-dealkylation sites (tertiary alicyclic amines) is 1. The Morgan fingerprint density at radius 2 is 1.84 bits per heavy atom. The van der Waals surface area contributed by atoms with E-state index in [0.717, 1.165) is 60.2 Å². The first-order chi connectivity index (χ1) is 21.5. The molecule has 3 N–H and O–H groups in total. The molecule has 0 aliphatic carbocycles. The molecule has 4 aromatic rings. The number of hydrogen-bond donors (Lipinski definition) is 3. The molecule has 2 fully saturated rings. The van der Waals surface area contributed by atoms with Crippen molar-refractivity contribution in [1.29, 1.82) is 0 Å². The van der Waals surface area contributed by atoms with Crippen LogP contribution in [-0.4, -0.2) is 58.0 Å². The number of aromatic nitrogens is 2. The summed E-state index contributed by atoms with van der Waals surface area (Å²) in [4.78, 5) is 30.3. The van der Waals surface area contributed by atoms with Crippen LogP contribution in [0.5, 0.6) is 0 Å². The van der Waals surface area contributed by atoms with Gasteiger partial charge in [-0.3, -0.25) is 9.88 Å². The topological polar surface area (TPSA) is 118 Å². The minimum atomic E-state index is -0.649. The average Bonchev–Trinajstić information content (AvgIpc) is 3.39. The number of aromatic amines is 1. The van der Waals surface area contributed by atoms with E-state index < -0.39 is 12.4 Å². The lowest BCUT2D eigenvalue weighted by molar-refractivity contribution is -0.253. The number of fused-ring (bicyclic) bond motifs is 1. The predicted molar refractivity (Wildman–Crippen MR) is 167 cm³/mol. The zero-order chi connectivity index (χ0) is 30.5. The van der Waals surface area contributed by atoms with Crippen molar-refractivity contribution in [3.63, 3.8) is 0 Å². The van der Waals surface area contributed by atoms with Crippen LogP contribution in [0, 0.1) is 0 Å². The number of amides is 1. The van der Waals surface area contributed by atoms with E-state index in [1.807, 2.05) is 71.3 Å². The molecule has 6 rings (SSSR count). The highest BCUT2D eigenvalue weighted by Gasteiger charge is 2.34. The van der Waals surface area contributed by atoms with Crippen LogP contribution >= 0.6 is 0 Å². The number of hydrogen-bond acceptors (Lipinski definition) is 7. The van der Waals surface area contributed by atoms with Crippen molar-refractivity contribution >= 4 is 22.8 Å². The molecule has 2 aliphatic heterocycles. The second-order valence-corrected chi connectivity index (χ2v) is 11.3. The number of para-hydroxylation sites is 2. The van der Waals surface area contributed by atoms with Crippen molar-refractivity contribution in [1.82, 2.24) is 14.5 Å². The predicted octanol–water partition coefficient (Wildman–Crippen LogP) is 5.44. The van der Waals surface area contributed by atoms with E-state index >= 15 is 0 Å². The Balaban J connectivity index is 1.16. The minimum absolute atomic E-state index is 0.0180. The quantitative estimate of drug-likeness (QED) is 0.220. The fourth-order valence-corrected chi connectivity index (χ4v) is 6.17. The van der Waals surface area contributed by atoms with Gasteiger partial charge in [0.15, 0.2) is 6.29 Å². The summed E-state index contributed by atoms with van der Waals surface area (Å²) < 4.78 is 20.0. The van der Waals surface area contributed by atoms with Crippen LogP contribution in [0.2, 0.25) is 0 Å². The molecular weight excluding hydrogens is 560 g/mol. The van der Waals surface area contributed by atoms with E-state index in [2.05, 4.69) is 21.8 Å². The van der Waals surface area contributed by atoms with Gasteiger partial charge in [-0.1, -0.05) is 61.2 Å². The Morgan fingerprint density at radius 1 is 1.05 bits per heavy atom. The molecule has 44 heavy (non-hydrogen) atoms. The number of ether oxygens (including phenoxy) is 3. The third kappa shape index (κ3) is 6.79. The zero-order valence-electron chi connectivity index (χ0n) is 24.6. The molecule has 3 unspecified atom stereocenters. The van der Waals surface area contributed by atoms with Crippen molar-refractivity contribution in [2.24, 2.45) is 0 Å². The Labute approximate surface area is 255 Å². The molecule has 10 nitrogen and oxygen atoms in total. The summed E-state index contributed by atoms with van der Waals surface area (Å²) in [6, 6.07) is 23.2. The number of imidazole rings is 1. The fourth-order valence-electron chi connectivity index (χ4n) is 6.17. The molecule has 0 radical (unpaired) electrons. The number of aliphatic hydroxyl groups excluding tert-OH is 1. The van der Waals surface area contributed by atoms with Gasteiger partial charge >= 0.3 is 11.8 Å². The highest BCUT2D eigenvalue weighted by Crippen LogP contribution is 2.39. The summed E-state index contributed by atoms with van der Waals surface area (Å²) in [7, 11) is 0. The molecule has 3 aromatic carbocycles. The number of benzene rings is 3. The third-order valence-electron chi connectivity index (χ3n) is 8.36. The smallest absolute Gasteiger partial charge is 0.411 e. The Morgan fingerprint density at radius 3 is 2.61 bits per heavy atom. The Kier molecular flexibility index (Phi) is 9.23. The SMILES string of the molecule is C=CCOC(=O)Nc1cccc(C2OC(CN3CCC(n4c(=O)[nH]c5ccccc54)CC3)CC(c3ccc(CO)cc3)O2)c1. The van der Waals surface area contributed by atoms with E-state index in [1.165, 1.54) is 6.08 Å². The van der Waals surface area contributed by atoms with Crippen molar-refractivity contribution in [2.75, 3.05) is 31.6 Å². The lowest BCUT2D eigenvalue weighted by atomic mass is 9.98. The van der Waals surface area contributed by atoms with Gasteiger partial charge in [-0.05, 0) is 48.2 Å². The van der Waals surface area contributed by atoms with Crippen molar-refractivity contribution in [3.05, 3.63) is 113 Å². The molecule has 0 spiro atoms. The van der Waals surface area contributed by atoms with Crippen LogP contribution in [0.15, 0.2) is 90.2 Å². The van der Waals surface area contributed by atoms with E-state index in [-0.39, 0.29) is 37.2 Å². The molecule has 3 heterocycles. The number of anilines is 1. The van der Waals surface area contributed by atoms with Crippen LogP contribution in [-0.2, 0) is 20.8 Å². The standard InChI is InChI=1S/C34H38N4O6/c1-2-18-42-34(41)35-26-7-5-6-25(19-26)32-43-28(20-31(44-32)24-12-10-23(22-39)11-13-24)21-37-16-14-27(15-17-37)38-30-9-4-3-8-29(30)36-33(38)40/h2-13,19,27-28,31-32,39H,1,14-18,20-22H2,(H,35,41)(H,36,40). The average molecular weight is 599 g/mol. The molecule has 2 saturated heterocycles. The lowest BCUT2D eigenvalue weighted by Gasteiger charge is -2.40. The summed E-state index contributed by atoms with van der Waals surface area (Å²) in [6.45, 7) is 6.10. The van der Waals surface area contributed by atoms with Gasteiger partial charge in [-0.2, -0.15) is 0 Å². The van der Waals surface area contributed by atoms with Crippen LogP contribution < -0.4 is 11.0 Å². The Hall–Kier alpha value is -4.22. The zero-order valence-corrected chi connectivity index (χ0v) is 24.6. The maximum absolute atomic E-state index is 12.8. The number of aliphatic hydroxyl groups is 1. The molecule has 2 aliphatic rings. The largest absolute Gasteiger partial charge is 0.445 e. The summed E-state index contributed by atoms with van der Waals surface area (Å²) in [6.07, 6.45) is 2.38. The second kappa shape index (κ2) is 13.6. The summed E-state index contributed by atoms with van der Waals surface area (Å²) >= 11 is 0. The van der Waals surface area contributed by atoms with Gasteiger partial charge in [-0.15, -0.1) is 0 Å². The molecule has 3 atom stereocenters. The molecule has 10 heteroatoms. The van der Waals surface area contributed by atoms with Gasteiger partial charge in [0.1, 0.15) is 6.61 Å². The number of nitrogens with one attached hydrogen (secondary N) is 2. The monoisotopic (exact) mass is 598 g/mol. The van der Waals surface area contributed by atoms with Crippen LogP contribution in [0.25, 0.3) is 11.0 Å². The fraction of sp³-hybridized carbons (Fsp3) is 0.353. The van der Waals surface area contributed by atoms with Crippen LogP contribution in [0.1, 0.15) is 54.4 Å². The molecule has 230 valence electrons. The molecule has 1 aromatic heterocycles. The van der Waals surface area contributed by atoms with E-state index in [9.17, 15) is 14.7 Å². The van der Waals surface area contributed by atoms with E-state index in [1.54, 1.807) is 6.07 Å². The van der Waals surface area contributed by atoms with Crippen molar-refractivity contribution < 1.29 is 24.1 Å². The van der Waals surface area contributed by atoms with Crippen molar-refractivity contribution in [2.45, 2.75) is 50.4 Å². The van der Waals surface area contributed by atoms with Gasteiger partial charge in [0, 0.05) is 43.3 Å². The van der Waals surface area contributed by atoms with Gasteiger partial charge in [0.05, 0.1) is 29.8 Å². The third-order valence-corrected chi connectivity index (χ3v) is 8.36. The molecule has 0 saturated carbocycles. The first-order valence-electron chi connectivity index (χ1n) is 15.1. The van der Waals surface area contributed by atoms with Gasteiger partial charge in [0.2, 0.25) is 0 Å². The number of H-pyrrole nitrogens is 1. The minimum Gasteiger partial charge on any atom is -0.445 e. The highest BCUT2D eigenvalue weighted by atomic mass is 16.7. The maximum atomic E-state index is 12.8. The number of rotatable bonds is 9. The van der Waals surface area contributed by atoms with E-state index in [4.69, 9.17) is 14.2 Å². The van der Waals surface area contributed by atoms with Gasteiger partial charge in [-0.25, -0.2) is 9.59 Å². The second-order valence-electron chi connectivity index (χ2n) is 11.3. The van der Waals surface area contributed by atoms with Gasteiger partial charge in [0.25, 0.3) is 0 Å². The molecule has 0 bridgehead atoms. The first kappa shape index (κ1) is 29.8. The van der Waals surface area contributed by atoms with E-state index in [0.29, 0.717) is 12.1 Å². The lowest BCUT2D eigenvalue weighted by Crippen LogP contribution is -2.43. The normalized spacial score (nSPS) is 21.2. The summed E-state index contributed by atoms with van der Waals surface area (Å²) in [5, 5.41) is 12.3. The van der Waals surface area contributed by atoms with Crippen molar-refractivity contribution in [3.8, 4) is 0 Å². The highest BCUT2D eigenvalue weighted by molar-refractivity contribution is 5.84. The van der Waals surface area contributed by atoms with Crippen LogP contribution in [0.3, 0.4) is 0 Å². The first-order valence-corrected chi connectivity index (χ1v) is 15.1. The molecular formula is C34H38N4O6. The number of piperidine rings is 1. The summed E-state index contributed by atoms with van der Waals surface area (Å²) in [5.41, 5.74) is 4.98. The summed E-state index contributed by atoms with van der Waals surface area (Å²) in [5.74, 6) is 0. The maximum Gasteiger partial charge on any atom is 0.411 e. The Bertz CT molecular complexity index is 1640. The number of carbonyl (C=O) groups is 1. The number of nitrogens with zero attached hydrogens (tertiary/aromatic N) is 2.